The molecule has 16 heavy (non-hydrogen) atoms. The van der Waals surface area contributed by atoms with Crippen molar-refractivity contribution in [2.75, 3.05) is 0 Å². The summed E-state index contributed by atoms with van der Waals surface area (Å²) in [6.45, 7) is 1.82. The van der Waals surface area contributed by atoms with Gasteiger partial charge < -0.3 is 4.42 Å². The van der Waals surface area contributed by atoms with E-state index in [0.29, 0.717) is 5.89 Å². The van der Waals surface area contributed by atoms with Crippen LogP contribution in [0.15, 0.2) is 27.6 Å². The monoisotopic (exact) mass is 214 g/mol. The van der Waals surface area contributed by atoms with Gasteiger partial charge in [0.15, 0.2) is 11.5 Å². The predicted octanol–water partition coefficient (Wildman–Crippen LogP) is 2.46. The Kier molecular flexibility index (Phi) is 1.76. The van der Waals surface area contributed by atoms with Gasteiger partial charge >= 0.3 is 0 Å². The lowest BCUT2D eigenvalue weighted by atomic mass is 10.1. The van der Waals surface area contributed by atoms with Crippen LogP contribution in [0.4, 0.5) is 0 Å². The zero-order chi connectivity index (χ0) is 11.2. The molecule has 0 N–H and O–H groups in total. The summed E-state index contributed by atoms with van der Waals surface area (Å²) in [7, 11) is 0. The van der Waals surface area contributed by atoms with Crippen molar-refractivity contribution in [2.24, 2.45) is 4.99 Å². The van der Waals surface area contributed by atoms with E-state index in [0.717, 1.165) is 29.5 Å². The maximum atomic E-state index is 10.4. The molecule has 1 saturated carbocycles. The molecule has 1 aliphatic rings. The van der Waals surface area contributed by atoms with Crippen LogP contribution >= 0.6 is 0 Å². The number of benzene rings is 1. The number of carbonyl (C=O) groups excluding carboxylic acids is 1. The SMILES string of the molecule is Cc1nc2ccc(C3(N=C=O)CC3)cc2o1. The number of fused-ring (bicyclic) bond motifs is 1. The van der Waals surface area contributed by atoms with Gasteiger partial charge in [0, 0.05) is 6.92 Å². The number of oxazole rings is 1. The van der Waals surface area contributed by atoms with Gasteiger partial charge in [-0.25, -0.2) is 9.78 Å². The molecule has 4 nitrogen and oxygen atoms in total. The Labute approximate surface area is 92.0 Å². The van der Waals surface area contributed by atoms with Gasteiger partial charge in [0.25, 0.3) is 0 Å². The van der Waals surface area contributed by atoms with E-state index in [1.165, 1.54) is 0 Å². The molecule has 1 heterocycles. The molecule has 0 saturated heterocycles. The molecule has 0 radical (unpaired) electrons. The molecule has 1 aromatic carbocycles. The maximum absolute atomic E-state index is 10.4. The molecule has 1 fully saturated rings. The second kappa shape index (κ2) is 3.03. The highest BCUT2D eigenvalue weighted by atomic mass is 16.3. The van der Waals surface area contributed by atoms with E-state index >= 15 is 0 Å². The molecular formula is C12H10N2O2. The highest BCUT2D eigenvalue weighted by molar-refractivity contribution is 5.74. The van der Waals surface area contributed by atoms with Crippen LogP contribution in [0.25, 0.3) is 11.1 Å². The lowest BCUT2D eigenvalue weighted by Crippen LogP contribution is -2.01. The van der Waals surface area contributed by atoms with E-state index in [4.69, 9.17) is 4.42 Å². The van der Waals surface area contributed by atoms with Crippen LogP contribution in [0.1, 0.15) is 24.3 Å². The van der Waals surface area contributed by atoms with Crippen LogP contribution in [-0.4, -0.2) is 11.1 Å². The first-order valence-corrected chi connectivity index (χ1v) is 5.20. The largest absolute Gasteiger partial charge is 0.441 e. The van der Waals surface area contributed by atoms with Crippen LogP contribution in [0.5, 0.6) is 0 Å². The second-order valence-corrected chi connectivity index (χ2v) is 4.15. The Balaban J connectivity index is 2.15. The van der Waals surface area contributed by atoms with Crippen molar-refractivity contribution in [3.63, 3.8) is 0 Å². The Bertz CT molecular complexity index is 605. The summed E-state index contributed by atoms with van der Waals surface area (Å²) >= 11 is 0. The summed E-state index contributed by atoms with van der Waals surface area (Å²) in [5, 5.41) is 0. The van der Waals surface area contributed by atoms with Crippen molar-refractivity contribution in [1.82, 2.24) is 4.98 Å². The molecule has 1 aliphatic carbocycles. The number of nitrogens with zero attached hydrogens (tertiary/aromatic N) is 2. The first-order valence-electron chi connectivity index (χ1n) is 5.20. The van der Waals surface area contributed by atoms with Gasteiger partial charge in [-0.3, -0.25) is 0 Å². The molecule has 1 aromatic heterocycles. The first kappa shape index (κ1) is 9.31. The van der Waals surface area contributed by atoms with Gasteiger partial charge in [-0.2, -0.15) is 4.99 Å². The molecule has 80 valence electrons. The average Bonchev–Trinajstić information content (AvgIpc) is 2.93. The van der Waals surface area contributed by atoms with Crippen LogP contribution < -0.4 is 0 Å². The fourth-order valence-electron chi connectivity index (χ4n) is 2.00. The number of aliphatic imine (C=N–C) groups is 1. The van der Waals surface area contributed by atoms with Crippen molar-refractivity contribution in [3.05, 3.63) is 29.7 Å². The summed E-state index contributed by atoms with van der Waals surface area (Å²) < 4.78 is 5.46. The maximum Gasteiger partial charge on any atom is 0.235 e. The topological polar surface area (TPSA) is 55.5 Å². The summed E-state index contributed by atoms with van der Waals surface area (Å²) in [6, 6.07) is 5.78. The minimum atomic E-state index is -0.337. The highest BCUT2D eigenvalue weighted by Crippen LogP contribution is 2.49. The quantitative estimate of drug-likeness (QED) is 0.570. The Morgan fingerprint density at radius 2 is 2.31 bits per heavy atom. The van der Waals surface area contributed by atoms with Gasteiger partial charge in [0.05, 0.1) is 5.54 Å². The second-order valence-electron chi connectivity index (χ2n) is 4.15. The fourth-order valence-corrected chi connectivity index (χ4v) is 2.00. The van der Waals surface area contributed by atoms with E-state index in [1.807, 2.05) is 25.1 Å². The number of isocyanates is 1. The summed E-state index contributed by atoms with van der Waals surface area (Å²) in [4.78, 5) is 18.5. The standard InChI is InChI=1S/C12H10N2O2/c1-8-14-10-3-2-9(6-11(10)16-8)12(4-5-12)13-7-15/h2-3,6H,4-5H2,1H3. The summed E-state index contributed by atoms with van der Waals surface area (Å²) in [6.07, 6.45) is 3.46. The van der Waals surface area contributed by atoms with Gasteiger partial charge in [0.1, 0.15) is 5.52 Å². The van der Waals surface area contributed by atoms with E-state index in [9.17, 15) is 4.79 Å². The molecule has 0 atom stereocenters. The third-order valence-electron chi connectivity index (χ3n) is 3.02. The highest BCUT2D eigenvalue weighted by Gasteiger charge is 2.45. The third-order valence-corrected chi connectivity index (χ3v) is 3.02. The van der Waals surface area contributed by atoms with Crippen molar-refractivity contribution in [2.45, 2.75) is 25.3 Å². The van der Waals surface area contributed by atoms with Crippen molar-refractivity contribution < 1.29 is 9.21 Å². The third kappa shape index (κ3) is 1.27. The minimum Gasteiger partial charge on any atom is -0.441 e. The fraction of sp³-hybridized carbons (Fsp3) is 0.333. The molecule has 0 bridgehead atoms. The minimum absolute atomic E-state index is 0.337. The van der Waals surface area contributed by atoms with E-state index in [1.54, 1.807) is 6.08 Å². The van der Waals surface area contributed by atoms with Gasteiger partial charge in [-0.15, -0.1) is 0 Å². The molecular weight excluding hydrogens is 204 g/mol. The summed E-state index contributed by atoms with van der Waals surface area (Å²) in [5.41, 5.74) is 2.27. The number of aromatic nitrogens is 1. The number of hydrogen-bond donors (Lipinski definition) is 0. The summed E-state index contributed by atoms with van der Waals surface area (Å²) in [5.74, 6) is 0.649. The van der Waals surface area contributed by atoms with Crippen LogP contribution in [-0.2, 0) is 10.3 Å². The molecule has 0 spiro atoms. The zero-order valence-corrected chi connectivity index (χ0v) is 8.86. The first-order chi connectivity index (χ1) is 7.73. The molecule has 0 unspecified atom stereocenters. The Hall–Kier alpha value is -1.93. The lowest BCUT2D eigenvalue weighted by Gasteiger charge is -2.06. The Morgan fingerprint density at radius 1 is 1.50 bits per heavy atom. The number of aryl methyl sites for hydroxylation is 1. The number of rotatable bonds is 2. The predicted molar refractivity (Wildman–Crippen MR) is 57.8 cm³/mol. The smallest absolute Gasteiger partial charge is 0.235 e. The molecule has 0 amide bonds. The Morgan fingerprint density at radius 3 is 3.00 bits per heavy atom. The van der Waals surface area contributed by atoms with Crippen LogP contribution in [0.3, 0.4) is 0 Å². The van der Waals surface area contributed by atoms with Crippen molar-refractivity contribution in [3.8, 4) is 0 Å². The number of hydrogen-bond acceptors (Lipinski definition) is 4. The van der Waals surface area contributed by atoms with E-state index < -0.39 is 0 Å². The van der Waals surface area contributed by atoms with Crippen LogP contribution in [0, 0.1) is 6.92 Å². The molecule has 4 heteroatoms. The van der Waals surface area contributed by atoms with Crippen LogP contribution in [0.2, 0.25) is 0 Å². The van der Waals surface area contributed by atoms with Gasteiger partial charge in [0.2, 0.25) is 6.08 Å². The normalized spacial score (nSPS) is 17.1. The molecule has 0 aliphatic heterocycles. The van der Waals surface area contributed by atoms with Gasteiger partial charge in [-0.1, -0.05) is 6.07 Å². The van der Waals surface area contributed by atoms with E-state index in [-0.39, 0.29) is 5.54 Å². The lowest BCUT2D eigenvalue weighted by molar-refractivity contribution is 0.554. The van der Waals surface area contributed by atoms with Crippen molar-refractivity contribution >= 4 is 17.2 Å². The molecule has 2 aromatic rings. The van der Waals surface area contributed by atoms with Gasteiger partial charge in [-0.05, 0) is 30.5 Å². The molecule has 3 rings (SSSR count). The van der Waals surface area contributed by atoms with E-state index in [2.05, 4.69) is 9.98 Å². The average molecular weight is 214 g/mol. The zero-order valence-electron chi connectivity index (χ0n) is 8.86. The van der Waals surface area contributed by atoms with Crippen molar-refractivity contribution in [1.29, 1.82) is 0 Å².